The number of para-hydroxylation sites is 1. The third-order valence-corrected chi connectivity index (χ3v) is 7.54. The van der Waals surface area contributed by atoms with Crippen LogP contribution >= 0.6 is 0 Å². The zero-order valence-corrected chi connectivity index (χ0v) is 18.9. The van der Waals surface area contributed by atoms with E-state index in [1.54, 1.807) is 0 Å². The molecule has 0 spiro atoms. The van der Waals surface area contributed by atoms with E-state index in [9.17, 15) is 9.59 Å². The van der Waals surface area contributed by atoms with Gasteiger partial charge in [0.15, 0.2) is 0 Å². The maximum Gasteiger partial charge on any atom is 0.236 e. The molecule has 1 N–H and O–H groups in total. The van der Waals surface area contributed by atoms with E-state index in [-0.39, 0.29) is 23.7 Å². The van der Waals surface area contributed by atoms with Gasteiger partial charge >= 0.3 is 0 Å². The lowest BCUT2D eigenvalue weighted by molar-refractivity contribution is -0.136. The van der Waals surface area contributed by atoms with Crippen LogP contribution in [0.3, 0.4) is 0 Å². The zero-order valence-electron chi connectivity index (χ0n) is 18.9. The molecule has 0 aromatic heterocycles. The Kier molecular flexibility index (Phi) is 6.49. The molecule has 1 aromatic carbocycles. The number of benzene rings is 1. The highest BCUT2D eigenvalue weighted by molar-refractivity contribution is 5.79. The molecule has 1 saturated heterocycles. The molecule has 0 unspecified atom stereocenters. The second-order valence-corrected chi connectivity index (χ2v) is 9.93. The van der Waals surface area contributed by atoms with Gasteiger partial charge < -0.3 is 15.0 Å². The predicted octanol–water partition coefficient (Wildman–Crippen LogP) is 3.12. The van der Waals surface area contributed by atoms with Crippen LogP contribution in [-0.4, -0.2) is 59.9 Å². The van der Waals surface area contributed by atoms with Crippen molar-refractivity contribution in [2.45, 2.75) is 63.6 Å². The quantitative estimate of drug-likeness (QED) is 0.736. The van der Waals surface area contributed by atoms with E-state index >= 15 is 0 Å². The predicted molar refractivity (Wildman–Crippen MR) is 123 cm³/mol. The van der Waals surface area contributed by atoms with Crippen molar-refractivity contribution in [2.75, 3.05) is 26.2 Å². The third kappa shape index (κ3) is 5.17. The maximum atomic E-state index is 13.3. The number of fused-ring (bicyclic) bond motifs is 3. The number of carbonyl (C=O) groups excluding carboxylic acids is 2. The van der Waals surface area contributed by atoms with E-state index in [1.807, 2.05) is 23.1 Å². The van der Waals surface area contributed by atoms with Crippen LogP contribution in [0.2, 0.25) is 0 Å². The molecule has 1 aromatic rings. The first kappa shape index (κ1) is 21.5. The van der Waals surface area contributed by atoms with Gasteiger partial charge in [-0.1, -0.05) is 36.8 Å². The Labute approximate surface area is 191 Å². The molecule has 2 saturated carbocycles. The molecule has 2 aliphatic carbocycles. The summed E-state index contributed by atoms with van der Waals surface area (Å²) in [5, 5.41) is 3.13. The molecule has 5 rings (SSSR count). The minimum Gasteiger partial charge on any atom is -0.489 e. The highest BCUT2D eigenvalue weighted by Gasteiger charge is 2.34. The Morgan fingerprint density at radius 2 is 1.94 bits per heavy atom. The molecule has 2 atom stereocenters. The summed E-state index contributed by atoms with van der Waals surface area (Å²) in [6, 6.07) is 9.07. The SMILES string of the molecule is O=C(C[C@@H]1CCN2C[C@@H]1/C=C\COc1ccccc1CN(C1CCC1)CC2=O)NC1CC1. The molecule has 2 bridgehead atoms. The molecule has 2 aliphatic heterocycles. The lowest BCUT2D eigenvalue weighted by atomic mass is 9.82. The number of ether oxygens (including phenoxy) is 1. The van der Waals surface area contributed by atoms with Crippen LogP contribution in [0, 0.1) is 11.8 Å². The van der Waals surface area contributed by atoms with Gasteiger partial charge in [-0.3, -0.25) is 14.5 Å². The molecule has 32 heavy (non-hydrogen) atoms. The van der Waals surface area contributed by atoms with Gasteiger partial charge in [-0.05, 0) is 50.0 Å². The van der Waals surface area contributed by atoms with Crippen molar-refractivity contribution in [3.8, 4) is 5.75 Å². The fourth-order valence-corrected chi connectivity index (χ4v) is 5.18. The summed E-state index contributed by atoms with van der Waals surface area (Å²) in [5.74, 6) is 1.74. The maximum absolute atomic E-state index is 13.3. The number of hydrogen-bond donors (Lipinski definition) is 1. The van der Waals surface area contributed by atoms with E-state index in [2.05, 4.69) is 28.4 Å². The fraction of sp³-hybridized carbons (Fsp3) is 0.615. The standard InChI is InChI=1S/C26H35N3O3/c30-25(27-22-10-11-22)15-19-12-13-28-16-20(19)6-4-14-32-24-9-2-1-5-21(24)17-29(18-26(28)31)23-7-3-8-23/h1-2,4-6,9,19-20,22-23H,3,7-8,10-18H2,(H,27,30)/b6-4-/t19-,20-/m0/s1. The van der Waals surface area contributed by atoms with Crippen molar-refractivity contribution in [1.82, 2.24) is 15.1 Å². The topological polar surface area (TPSA) is 61.9 Å². The normalized spacial score (nSPS) is 28.2. The van der Waals surface area contributed by atoms with Crippen molar-refractivity contribution < 1.29 is 14.3 Å². The molecular formula is C26H35N3O3. The average Bonchev–Trinajstić information content (AvgIpc) is 3.55. The minimum atomic E-state index is 0.162. The van der Waals surface area contributed by atoms with Gasteiger partial charge in [-0.2, -0.15) is 0 Å². The van der Waals surface area contributed by atoms with E-state index in [0.717, 1.165) is 43.7 Å². The second-order valence-electron chi connectivity index (χ2n) is 9.93. The fourth-order valence-electron chi connectivity index (χ4n) is 5.18. The number of amides is 2. The second kappa shape index (κ2) is 9.65. The Balaban J connectivity index is 1.34. The molecule has 2 heterocycles. The number of nitrogens with one attached hydrogen (secondary N) is 1. The summed E-state index contributed by atoms with van der Waals surface area (Å²) in [5.41, 5.74) is 1.15. The smallest absolute Gasteiger partial charge is 0.236 e. The highest BCUT2D eigenvalue weighted by Crippen LogP contribution is 2.32. The molecule has 4 aliphatic rings. The van der Waals surface area contributed by atoms with E-state index in [4.69, 9.17) is 4.74 Å². The zero-order chi connectivity index (χ0) is 21.9. The lowest BCUT2D eigenvalue weighted by Crippen LogP contribution is -2.50. The minimum absolute atomic E-state index is 0.162. The van der Waals surface area contributed by atoms with E-state index in [0.29, 0.717) is 38.2 Å². The molecular weight excluding hydrogens is 402 g/mol. The van der Waals surface area contributed by atoms with Gasteiger partial charge in [0.05, 0.1) is 6.54 Å². The number of rotatable bonds is 4. The Morgan fingerprint density at radius 1 is 1.09 bits per heavy atom. The monoisotopic (exact) mass is 437 g/mol. The number of hydrogen-bond acceptors (Lipinski definition) is 4. The first-order valence-corrected chi connectivity index (χ1v) is 12.3. The summed E-state index contributed by atoms with van der Waals surface area (Å²) in [6.07, 6.45) is 11.5. The average molecular weight is 438 g/mol. The molecule has 6 heteroatoms. The molecule has 0 radical (unpaired) electrons. The summed E-state index contributed by atoms with van der Waals surface area (Å²) in [7, 11) is 0. The van der Waals surface area contributed by atoms with Crippen molar-refractivity contribution in [3.05, 3.63) is 42.0 Å². The molecule has 2 amide bonds. The Morgan fingerprint density at radius 3 is 2.72 bits per heavy atom. The third-order valence-electron chi connectivity index (χ3n) is 7.54. The number of nitrogens with zero attached hydrogens (tertiary/aromatic N) is 2. The van der Waals surface area contributed by atoms with Gasteiger partial charge in [0.25, 0.3) is 0 Å². The van der Waals surface area contributed by atoms with Crippen molar-refractivity contribution in [1.29, 1.82) is 0 Å². The molecule has 6 nitrogen and oxygen atoms in total. The first-order chi connectivity index (χ1) is 15.7. The summed E-state index contributed by atoms with van der Waals surface area (Å²) in [4.78, 5) is 30.2. The summed E-state index contributed by atoms with van der Waals surface area (Å²) in [6.45, 7) is 3.16. The molecule has 172 valence electrons. The van der Waals surface area contributed by atoms with Crippen LogP contribution in [0.15, 0.2) is 36.4 Å². The summed E-state index contributed by atoms with van der Waals surface area (Å²) < 4.78 is 6.13. The number of carbonyl (C=O) groups is 2. The Bertz CT molecular complexity index is 862. The van der Waals surface area contributed by atoms with Gasteiger partial charge in [-0.15, -0.1) is 0 Å². The van der Waals surface area contributed by atoms with Gasteiger partial charge in [0, 0.05) is 43.7 Å². The Hall–Kier alpha value is -2.34. The largest absolute Gasteiger partial charge is 0.489 e. The van der Waals surface area contributed by atoms with Gasteiger partial charge in [-0.25, -0.2) is 0 Å². The summed E-state index contributed by atoms with van der Waals surface area (Å²) >= 11 is 0. The van der Waals surface area contributed by atoms with E-state index in [1.165, 1.54) is 19.3 Å². The van der Waals surface area contributed by atoms with Crippen LogP contribution in [0.5, 0.6) is 5.75 Å². The first-order valence-electron chi connectivity index (χ1n) is 12.3. The van der Waals surface area contributed by atoms with Gasteiger partial charge in [0.2, 0.25) is 11.8 Å². The van der Waals surface area contributed by atoms with Crippen LogP contribution in [0.25, 0.3) is 0 Å². The van der Waals surface area contributed by atoms with Crippen molar-refractivity contribution >= 4 is 11.8 Å². The number of piperidine rings is 1. The van der Waals surface area contributed by atoms with E-state index < -0.39 is 0 Å². The lowest BCUT2D eigenvalue weighted by Gasteiger charge is -2.41. The molecule has 3 fully saturated rings. The van der Waals surface area contributed by atoms with Crippen LogP contribution in [-0.2, 0) is 16.1 Å². The van der Waals surface area contributed by atoms with Crippen LogP contribution in [0.1, 0.15) is 50.5 Å². The van der Waals surface area contributed by atoms with Crippen LogP contribution in [0.4, 0.5) is 0 Å². The van der Waals surface area contributed by atoms with Crippen LogP contribution < -0.4 is 10.1 Å². The van der Waals surface area contributed by atoms with Gasteiger partial charge in [0.1, 0.15) is 12.4 Å². The highest BCUT2D eigenvalue weighted by atomic mass is 16.5. The van der Waals surface area contributed by atoms with Crippen molar-refractivity contribution in [2.24, 2.45) is 11.8 Å². The van der Waals surface area contributed by atoms with Crippen molar-refractivity contribution in [3.63, 3.8) is 0 Å².